The standard InChI is InChI=1S/C22H18N2O4/c1-2-11-13-4-18-21(28-10-25-18)7-17(13)24-22(11)12(3-1)15-8-23-16-6-20-19(5-14(15)16)26-9-27-20/h4-8,12,23-24H,1-3,9-10H2. The predicted octanol–water partition coefficient (Wildman–Crippen LogP) is 4.57. The monoisotopic (exact) mass is 374 g/mol. The van der Waals surface area contributed by atoms with Crippen LogP contribution in [0.2, 0.25) is 0 Å². The number of hydrogen-bond donors (Lipinski definition) is 2. The van der Waals surface area contributed by atoms with E-state index in [0.29, 0.717) is 19.5 Å². The second kappa shape index (κ2) is 5.16. The summed E-state index contributed by atoms with van der Waals surface area (Å²) in [5.41, 5.74) is 6.23. The molecule has 0 spiro atoms. The highest BCUT2D eigenvalue weighted by atomic mass is 16.7. The molecule has 4 aromatic rings. The Labute approximate surface area is 160 Å². The maximum absolute atomic E-state index is 5.61. The van der Waals surface area contributed by atoms with Gasteiger partial charge in [-0.1, -0.05) is 0 Å². The highest BCUT2D eigenvalue weighted by molar-refractivity contribution is 5.91. The lowest BCUT2D eigenvalue weighted by atomic mass is 9.82. The second-order valence-electron chi connectivity index (χ2n) is 7.71. The average Bonchev–Trinajstić information content (AvgIpc) is 3.48. The van der Waals surface area contributed by atoms with Crippen LogP contribution in [0.25, 0.3) is 21.8 Å². The minimum atomic E-state index is 0.293. The number of nitrogens with one attached hydrogen (secondary N) is 2. The van der Waals surface area contributed by atoms with Gasteiger partial charge in [-0.3, -0.25) is 0 Å². The molecule has 4 heterocycles. The van der Waals surface area contributed by atoms with Gasteiger partial charge >= 0.3 is 0 Å². The Bertz CT molecular complexity index is 1270. The highest BCUT2D eigenvalue weighted by Crippen LogP contribution is 2.46. The first-order valence-corrected chi connectivity index (χ1v) is 9.70. The van der Waals surface area contributed by atoms with Crippen molar-refractivity contribution in [2.24, 2.45) is 0 Å². The van der Waals surface area contributed by atoms with Crippen molar-refractivity contribution in [1.82, 2.24) is 9.97 Å². The number of aromatic nitrogens is 2. The van der Waals surface area contributed by atoms with Crippen LogP contribution in [-0.2, 0) is 6.42 Å². The van der Waals surface area contributed by atoms with Crippen molar-refractivity contribution >= 4 is 21.8 Å². The molecule has 1 unspecified atom stereocenters. The number of aromatic amines is 2. The van der Waals surface area contributed by atoms with Crippen molar-refractivity contribution in [2.75, 3.05) is 13.6 Å². The van der Waals surface area contributed by atoms with Crippen LogP contribution in [0.5, 0.6) is 23.0 Å². The lowest BCUT2D eigenvalue weighted by molar-refractivity contribution is 0.173. The molecule has 0 saturated heterocycles. The van der Waals surface area contributed by atoms with E-state index >= 15 is 0 Å². The molecule has 1 atom stereocenters. The molecule has 6 heteroatoms. The zero-order chi connectivity index (χ0) is 18.2. The minimum absolute atomic E-state index is 0.293. The zero-order valence-electron chi connectivity index (χ0n) is 15.1. The zero-order valence-corrected chi connectivity index (χ0v) is 15.1. The van der Waals surface area contributed by atoms with Gasteiger partial charge in [0.05, 0.1) is 0 Å². The van der Waals surface area contributed by atoms with Crippen molar-refractivity contribution in [2.45, 2.75) is 25.2 Å². The largest absolute Gasteiger partial charge is 0.454 e. The molecule has 2 aliphatic heterocycles. The Kier molecular flexibility index (Phi) is 2.72. The normalized spacial score (nSPS) is 19.5. The van der Waals surface area contributed by atoms with Gasteiger partial charge in [-0.15, -0.1) is 0 Å². The van der Waals surface area contributed by atoms with Gasteiger partial charge in [-0.2, -0.15) is 0 Å². The number of fused-ring (bicyclic) bond motifs is 6. The maximum Gasteiger partial charge on any atom is 0.231 e. The highest BCUT2D eigenvalue weighted by Gasteiger charge is 2.29. The molecule has 0 saturated carbocycles. The molecule has 28 heavy (non-hydrogen) atoms. The molecule has 2 N–H and O–H groups in total. The van der Waals surface area contributed by atoms with Gasteiger partial charge < -0.3 is 28.9 Å². The number of rotatable bonds is 1. The quantitative estimate of drug-likeness (QED) is 0.512. The van der Waals surface area contributed by atoms with Crippen molar-refractivity contribution in [3.8, 4) is 23.0 Å². The number of aryl methyl sites for hydroxylation is 1. The molecule has 140 valence electrons. The lowest BCUT2D eigenvalue weighted by Crippen LogP contribution is -2.10. The molecule has 0 fully saturated rings. The summed E-state index contributed by atoms with van der Waals surface area (Å²) < 4.78 is 22.3. The fourth-order valence-corrected chi connectivity index (χ4v) is 4.99. The van der Waals surface area contributed by atoms with Crippen LogP contribution >= 0.6 is 0 Å². The van der Waals surface area contributed by atoms with Gasteiger partial charge in [-0.05, 0) is 42.5 Å². The van der Waals surface area contributed by atoms with Gasteiger partial charge in [0.25, 0.3) is 0 Å². The molecule has 0 radical (unpaired) electrons. The van der Waals surface area contributed by atoms with Crippen molar-refractivity contribution < 1.29 is 18.9 Å². The summed E-state index contributed by atoms with van der Waals surface area (Å²) in [5.74, 6) is 3.62. The van der Waals surface area contributed by atoms with E-state index in [1.807, 2.05) is 6.07 Å². The van der Waals surface area contributed by atoms with Crippen LogP contribution in [0.3, 0.4) is 0 Å². The van der Waals surface area contributed by atoms with E-state index in [0.717, 1.165) is 53.3 Å². The summed E-state index contributed by atoms with van der Waals surface area (Å²) in [6.07, 6.45) is 5.50. The molecule has 0 bridgehead atoms. The van der Waals surface area contributed by atoms with Crippen molar-refractivity contribution in [1.29, 1.82) is 0 Å². The summed E-state index contributed by atoms with van der Waals surface area (Å²) in [6, 6.07) is 8.34. The van der Waals surface area contributed by atoms with Gasteiger partial charge in [0.2, 0.25) is 13.6 Å². The Hall–Kier alpha value is -3.28. The van der Waals surface area contributed by atoms with Crippen molar-refractivity contribution in [3.05, 3.63) is 47.3 Å². The van der Waals surface area contributed by atoms with Gasteiger partial charge in [0.1, 0.15) is 0 Å². The molecule has 7 rings (SSSR count). The van der Waals surface area contributed by atoms with E-state index in [4.69, 9.17) is 18.9 Å². The third kappa shape index (κ3) is 1.87. The van der Waals surface area contributed by atoms with Crippen LogP contribution in [0.1, 0.15) is 35.6 Å². The number of hydrogen-bond acceptors (Lipinski definition) is 4. The number of ether oxygens (including phenoxy) is 4. The smallest absolute Gasteiger partial charge is 0.231 e. The molecule has 3 aliphatic rings. The van der Waals surface area contributed by atoms with E-state index in [1.54, 1.807) is 0 Å². The van der Waals surface area contributed by atoms with Gasteiger partial charge in [0, 0.05) is 51.7 Å². The van der Waals surface area contributed by atoms with E-state index in [-0.39, 0.29) is 0 Å². The van der Waals surface area contributed by atoms with Gasteiger partial charge in [-0.25, -0.2) is 0 Å². The van der Waals surface area contributed by atoms with Crippen LogP contribution < -0.4 is 18.9 Å². The summed E-state index contributed by atoms with van der Waals surface area (Å²) in [6.45, 7) is 0.597. The third-order valence-electron chi connectivity index (χ3n) is 6.28. The SMILES string of the molecule is c1[nH]c2cc3c(cc2c1C1CCCc2c1[nH]c1cc4c(cc21)OCO4)OCO3. The summed E-state index contributed by atoms with van der Waals surface area (Å²) in [7, 11) is 0. The molecule has 6 nitrogen and oxygen atoms in total. The van der Waals surface area contributed by atoms with Gasteiger partial charge in [0.15, 0.2) is 23.0 Å². The lowest BCUT2D eigenvalue weighted by Gasteiger charge is -2.22. The molecule has 2 aromatic carbocycles. The first-order chi connectivity index (χ1) is 13.8. The van der Waals surface area contributed by atoms with Crippen LogP contribution in [0.4, 0.5) is 0 Å². The minimum Gasteiger partial charge on any atom is -0.454 e. The molecule has 0 amide bonds. The van der Waals surface area contributed by atoms with Crippen molar-refractivity contribution in [3.63, 3.8) is 0 Å². The summed E-state index contributed by atoms with van der Waals surface area (Å²) >= 11 is 0. The second-order valence-corrected chi connectivity index (χ2v) is 7.71. The summed E-state index contributed by atoms with van der Waals surface area (Å²) in [5, 5.41) is 2.45. The summed E-state index contributed by atoms with van der Waals surface area (Å²) in [4.78, 5) is 7.12. The van der Waals surface area contributed by atoms with E-state index < -0.39 is 0 Å². The fraction of sp³-hybridized carbons (Fsp3) is 0.273. The van der Waals surface area contributed by atoms with Crippen LogP contribution in [-0.4, -0.2) is 23.6 Å². The van der Waals surface area contributed by atoms with Crippen LogP contribution in [0.15, 0.2) is 30.5 Å². The van der Waals surface area contributed by atoms with E-state index in [9.17, 15) is 0 Å². The molecule has 2 aromatic heterocycles. The first-order valence-electron chi connectivity index (χ1n) is 9.70. The predicted molar refractivity (Wildman–Crippen MR) is 104 cm³/mol. The molecular weight excluding hydrogens is 356 g/mol. The topological polar surface area (TPSA) is 68.5 Å². The maximum atomic E-state index is 5.61. The molecular formula is C22H18N2O4. The Morgan fingerprint density at radius 1 is 0.786 bits per heavy atom. The van der Waals surface area contributed by atoms with Crippen LogP contribution in [0, 0.1) is 0 Å². The van der Waals surface area contributed by atoms with E-state index in [2.05, 4.69) is 34.4 Å². The Morgan fingerprint density at radius 3 is 2.25 bits per heavy atom. The average molecular weight is 374 g/mol. The Morgan fingerprint density at radius 2 is 1.46 bits per heavy atom. The Balaban J connectivity index is 1.42. The third-order valence-corrected chi connectivity index (χ3v) is 6.28. The molecule has 1 aliphatic carbocycles. The van der Waals surface area contributed by atoms with E-state index in [1.165, 1.54) is 27.6 Å². The number of H-pyrrole nitrogens is 2. The first kappa shape index (κ1) is 14.7. The fourth-order valence-electron chi connectivity index (χ4n) is 4.99. The number of benzene rings is 2.